The molecule has 0 saturated carbocycles. The number of anilines is 1. The Morgan fingerprint density at radius 1 is 1.33 bits per heavy atom. The van der Waals surface area contributed by atoms with Crippen LogP contribution in [0.4, 0.5) is 5.82 Å². The Balaban J connectivity index is 2.22. The Labute approximate surface area is 167 Å². The lowest BCUT2D eigenvalue weighted by atomic mass is 10.0. The molecule has 3 rings (SSSR count). The van der Waals surface area contributed by atoms with E-state index in [1.54, 1.807) is 24.9 Å². The van der Waals surface area contributed by atoms with Crippen molar-refractivity contribution in [1.29, 1.82) is 5.26 Å². The molecule has 0 N–H and O–H groups in total. The minimum Gasteiger partial charge on any atom is -0.378 e. The standard InChI is InChI=1S/C18H20N4O3S2/c1-4-22-17(24)14(27-18(22)26)9-12-11(2)13(10-19)16(23)20(3)15(12)21-5-7-25-8-6-21/h9H,4-8H2,1-3H3. The van der Waals surface area contributed by atoms with Crippen LogP contribution in [0.3, 0.4) is 0 Å². The Hall–Kier alpha value is -2.15. The van der Waals surface area contributed by atoms with Crippen LogP contribution >= 0.6 is 24.0 Å². The highest BCUT2D eigenvalue weighted by Gasteiger charge is 2.32. The van der Waals surface area contributed by atoms with E-state index in [0.717, 1.165) is 0 Å². The monoisotopic (exact) mass is 404 g/mol. The first-order valence-corrected chi connectivity index (χ1v) is 9.84. The summed E-state index contributed by atoms with van der Waals surface area (Å²) in [5.74, 6) is 0.550. The van der Waals surface area contributed by atoms with E-state index in [9.17, 15) is 14.9 Å². The first kappa shape index (κ1) is 19.6. The molecule has 1 aromatic heterocycles. The lowest BCUT2D eigenvalue weighted by Crippen LogP contribution is -2.40. The number of hydrogen-bond donors (Lipinski definition) is 0. The predicted molar refractivity (Wildman–Crippen MR) is 110 cm³/mol. The maximum atomic E-state index is 12.6. The number of thiocarbonyl (C=S) groups is 1. The molecular weight excluding hydrogens is 384 g/mol. The second-order valence-corrected chi connectivity index (χ2v) is 7.91. The molecule has 1 amide bonds. The summed E-state index contributed by atoms with van der Waals surface area (Å²) in [6, 6.07) is 2.01. The molecule has 27 heavy (non-hydrogen) atoms. The third-order valence-electron chi connectivity index (χ3n) is 4.74. The number of amides is 1. The van der Waals surface area contributed by atoms with Crippen molar-refractivity contribution < 1.29 is 9.53 Å². The van der Waals surface area contributed by atoms with Gasteiger partial charge < -0.3 is 9.64 Å². The van der Waals surface area contributed by atoms with Gasteiger partial charge in [0.2, 0.25) is 0 Å². The molecule has 2 aliphatic rings. The van der Waals surface area contributed by atoms with Gasteiger partial charge in [-0.2, -0.15) is 5.26 Å². The summed E-state index contributed by atoms with van der Waals surface area (Å²) in [7, 11) is 1.65. The van der Waals surface area contributed by atoms with E-state index in [0.29, 0.717) is 59.0 Å². The summed E-state index contributed by atoms with van der Waals surface area (Å²) in [6.07, 6.45) is 1.76. The maximum Gasteiger partial charge on any atom is 0.270 e. The van der Waals surface area contributed by atoms with Gasteiger partial charge in [0.05, 0.1) is 18.1 Å². The number of nitrogens with zero attached hydrogens (tertiary/aromatic N) is 4. The van der Waals surface area contributed by atoms with Crippen LogP contribution in [0.25, 0.3) is 6.08 Å². The van der Waals surface area contributed by atoms with Crippen LogP contribution in [-0.2, 0) is 16.6 Å². The number of carbonyl (C=O) groups excluding carboxylic acids is 1. The molecule has 0 aromatic carbocycles. The molecule has 2 fully saturated rings. The summed E-state index contributed by atoms with van der Waals surface area (Å²) >= 11 is 6.53. The molecule has 2 saturated heterocycles. The fraction of sp³-hybridized carbons (Fsp3) is 0.444. The number of nitriles is 1. The van der Waals surface area contributed by atoms with Crippen LogP contribution in [0, 0.1) is 18.3 Å². The number of aromatic nitrogens is 1. The molecule has 1 aromatic rings. The van der Waals surface area contributed by atoms with E-state index < -0.39 is 0 Å². The summed E-state index contributed by atoms with van der Waals surface area (Å²) < 4.78 is 7.43. The minimum absolute atomic E-state index is 0.0896. The smallest absolute Gasteiger partial charge is 0.270 e. The van der Waals surface area contributed by atoms with Crippen molar-refractivity contribution in [3.05, 3.63) is 31.9 Å². The van der Waals surface area contributed by atoms with Crippen LogP contribution in [0.2, 0.25) is 0 Å². The number of thioether (sulfide) groups is 1. The number of hydrogen-bond acceptors (Lipinski definition) is 7. The van der Waals surface area contributed by atoms with Gasteiger partial charge in [-0.3, -0.25) is 19.1 Å². The molecular formula is C18H20N4O3S2. The van der Waals surface area contributed by atoms with Gasteiger partial charge in [0.15, 0.2) is 0 Å². The largest absolute Gasteiger partial charge is 0.378 e. The van der Waals surface area contributed by atoms with Crippen LogP contribution in [0.5, 0.6) is 0 Å². The maximum absolute atomic E-state index is 12.6. The number of morpholine rings is 1. The van der Waals surface area contributed by atoms with Crippen molar-refractivity contribution in [2.75, 3.05) is 37.7 Å². The van der Waals surface area contributed by atoms with Crippen LogP contribution in [-0.4, -0.2) is 52.5 Å². The Morgan fingerprint density at radius 3 is 2.56 bits per heavy atom. The van der Waals surface area contributed by atoms with Gasteiger partial charge in [-0.15, -0.1) is 0 Å². The molecule has 0 aliphatic carbocycles. The second-order valence-electron chi connectivity index (χ2n) is 6.24. The van der Waals surface area contributed by atoms with Crippen molar-refractivity contribution in [3.63, 3.8) is 0 Å². The van der Waals surface area contributed by atoms with E-state index in [-0.39, 0.29) is 17.0 Å². The van der Waals surface area contributed by atoms with Crippen molar-refractivity contribution in [1.82, 2.24) is 9.47 Å². The fourth-order valence-corrected chi connectivity index (χ4v) is 4.64. The third kappa shape index (κ3) is 3.40. The molecule has 142 valence electrons. The lowest BCUT2D eigenvalue weighted by molar-refractivity contribution is -0.121. The van der Waals surface area contributed by atoms with Crippen molar-refractivity contribution >= 4 is 46.1 Å². The second kappa shape index (κ2) is 7.84. The number of ether oxygens (including phenoxy) is 1. The number of likely N-dealkylation sites (N-methyl/N-ethyl adjacent to an activating group) is 1. The van der Waals surface area contributed by atoms with Crippen LogP contribution in [0.1, 0.15) is 23.6 Å². The topological polar surface area (TPSA) is 78.6 Å². The fourth-order valence-electron chi connectivity index (χ4n) is 3.27. The van der Waals surface area contributed by atoms with E-state index in [2.05, 4.69) is 4.90 Å². The highest BCUT2D eigenvalue weighted by Crippen LogP contribution is 2.35. The highest BCUT2D eigenvalue weighted by atomic mass is 32.2. The highest BCUT2D eigenvalue weighted by molar-refractivity contribution is 8.26. The average Bonchev–Trinajstić information content (AvgIpc) is 2.93. The Morgan fingerprint density at radius 2 is 2.00 bits per heavy atom. The first-order chi connectivity index (χ1) is 12.9. The average molecular weight is 405 g/mol. The van der Waals surface area contributed by atoms with Gasteiger partial charge >= 0.3 is 0 Å². The van der Waals surface area contributed by atoms with Crippen molar-refractivity contribution in [2.45, 2.75) is 13.8 Å². The van der Waals surface area contributed by atoms with E-state index in [1.807, 2.05) is 13.0 Å². The summed E-state index contributed by atoms with van der Waals surface area (Å²) in [5.41, 5.74) is 1.03. The van der Waals surface area contributed by atoms with E-state index >= 15 is 0 Å². The lowest BCUT2D eigenvalue weighted by Gasteiger charge is -2.32. The summed E-state index contributed by atoms with van der Waals surface area (Å²) in [6.45, 7) is 6.52. The van der Waals surface area contributed by atoms with Crippen molar-refractivity contribution in [2.24, 2.45) is 7.05 Å². The number of pyridine rings is 1. The normalized spacial score (nSPS) is 19.1. The zero-order valence-electron chi connectivity index (χ0n) is 15.4. The van der Waals surface area contributed by atoms with Gasteiger partial charge in [-0.05, 0) is 25.5 Å². The van der Waals surface area contributed by atoms with Crippen LogP contribution in [0.15, 0.2) is 9.70 Å². The number of carbonyl (C=O) groups is 1. The minimum atomic E-state index is -0.338. The van der Waals surface area contributed by atoms with Gasteiger partial charge in [0, 0.05) is 32.2 Å². The quantitative estimate of drug-likeness (QED) is 0.560. The first-order valence-electron chi connectivity index (χ1n) is 8.62. The van der Waals surface area contributed by atoms with Crippen molar-refractivity contribution in [3.8, 4) is 6.07 Å². The van der Waals surface area contributed by atoms with E-state index in [4.69, 9.17) is 17.0 Å². The predicted octanol–water partition coefficient (Wildman–Crippen LogP) is 1.62. The Bertz CT molecular complexity index is 939. The summed E-state index contributed by atoms with van der Waals surface area (Å²) in [4.78, 5) is 29.4. The molecule has 2 aliphatic heterocycles. The number of rotatable bonds is 3. The molecule has 0 spiro atoms. The molecule has 0 radical (unpaired) electrons. The molecule has 9 heteroatoms. The van der Waals surface area contributed by atoms with Gasteiger partial charge in [-0.1, -0.05) is 24.0 Å². The van der Waals surface area contributed by atoms with Gasteiger partial charge in [0.1, 0.15) is 21.8 Å². The summed E-state index contributed by atoms with van der Waals surface area (Å²) in [5, 5.41) is 9.47. The van der Waals surface area contributed by atoms with E-state index in [1.165, 1.54) is 16.3 Å². The zero-order chi connectivity index (χ0) is 19.7. The third-order valence-corrected chi connectivity index (χ3v) is 6.12. The molecule has 3 heterocycles. The molecule has 0 atom stereocenters. The van der Waals surface area contributed by atoms with Crippen LogP contribution < -0.4 is 10.5 Å². The molecule has 0 bridgehead atoms. The Kier molecular flexibility index (Phi) is 5.69. The van der Waals surface area contributed by atoms with Gasteiger partial charge in [0.25, 0.3) is 11.5 Å². The zero-order valence-corrected chi connectivity index (χ0v) is 17.1. The molecule has 0 unspecified atom stereocenters. The van der Waals surface area contributed by atoms with Gasteiger partial charge in [-0.25, -0.2) is 0 Å². The molecule has 7 nitrogen and oxygen atoms in total. The SMILES string of the molecule is CCN1C(=O)C(=Cc2c(C)c(C#N)c(=O)n(C)c2N2CCOCC2)SC1=S.